The summed E-state index contributed by atoms with van der Waals surface area (Å²) in [5.74, 6) is -1.28. The molecule has 1 amide bonds. The Balaban J connectivity index is 2.79. The number of aliphatic carboxylic acids is 1. The molecule has 0 saturated heterocycles. The average Bonchev–Trinajstić information content (AvgIpc) is 2.46. The number of carbonyl (C=O) groups excluding carboxylic acids is 1. The number of anilines is 1. The van der Waals surface area contributed by atoms with E-state index in [4.69, 9.17) is 9.84 Å². The van der Waals surface area contributed by atoms with Gasteiger partial charge in [-0.2, -0.15) is 0 Å². The van der Waals surface area contributed by atoms with Crippen LogP contribution in [0.3, 0.4) is 0 Å². The van der Waals surface area contributed by atoms with Crippen LogP contribution in [0.1, 0.15) is 13.3 Å². The van der Waals surface area contributed by atoms with Crippen molar-refractivity contribution in [1.82, 2.24) is 4.90 Å². The number of carboxylic acid groups (broad SMARTS) is 1. The van der Waals surface area contributed by atoms with E-state index in [0.29, 0.717) is 13.0 Å². The van der Waals surface area contributed by atoms with Crippen LogP contribution in [-0.2, 0) is 9.59 Å². The van der Waals surface area contributed by atoms with E-state index >= 15 is 0 Å². The number of ether oxygens (including phenoxy) is 1. The summed E-state index contributed by atoms with van der Waals surface area (Å²) in [6.07, 6.45) is 0.710. The van der Waals surface area contributed by atoms with Crippen molar-refractivity contribution < 1.29 is 24.4 Å². The second-order valence-electron chi connectivity index (χ2n) is 4.79. The standard InChI is InChI=1S/C14H19N3O6/c1-3-6-16(9-14(19)20)8-13(18)15-11-5-4-10(17(21)22)7-12(11)23-2/h4-5,7H,3,6,8-9H2,1-2H3,(H,15,18)(H,19,20). The number of carboxylic acids is 1. The fourth-order valence-electron chi connectivity index (χ4n) is 2.01. The second kappa shape index (κ2) is 8.69. The van der Waals surface area contributed by atoms with Gasteiger partial charge in [-0.3, -0.25) is 24.6 Å². The molecular formula is C14H19N3O6. The third-order valence-corrected chi connectivity index (χ3v) is 2.94. The molecule has 1 rings (SSSR count). The molecule has 126 valence electrons. The molecule has 0 atom stereocenters. The summed E-state index contributed by atoms with van der Waals surface area (Å²) < 4.78 is 5.03. The summed E-state index contributed by atoms with van der Waals surface area (Å²) in [5.41, 5.74) is 0.133. The van der Waals surface area contributed by atoms with E-state index in [1.54, 1.807) is 0 Å². The molecule has 0 fully saturated rings. The quantitative estimate of drug-likeness (QED) is 0.519. The molecule has 1 aromatic rings. The van der Waals surface area contributed by atoms with Gasteiger partial charge < -0.3 is 15.2 Å². The zero-order chi connectivity index (χ0) is 17.4. The predicted octanol–water partition coefficient (Wildman–Crippen LogP) is 1.34. The number of benzene rings is 1. The SMILES string of the molecule is CCCN(CC(=O)O)CC(=O)Nc1ccc([N+](=O)[O-])cc1OC. The van der Waals surface area contributed by atoms with Crippen LogP contribution >= 0.6 is 0 Å². The molecule has 0 aromatic heterocycles. The van der Waals surface area contributed by atoms with Crippen LogP contribution < -0.4 is 10.1 Å². The molecule has 1 aromatic carbocycles. The minimum absolute atomic E-state index is 0.0969. The normalized spacial score (nSPS) is 10.4. The Labute approximate surface area is 133 Å². The number of methoxy groups -OCH3 is 1. The van der Waals surface area contributed by atoms with Crippen molar-refractivity contribution in [1.29, 1.82) is 0 Å². The first kappa shape index (κ1) is 18.4. The van der Waals surface area contributed by atoms with Gasteiger partial charge >= 0.3 is 5.97 Å². The Morgan fingerprint density at radius 3 is 2.61 bits per heavy atom. The first-order valence-electron chi connectivity index (χ1n) is 6.93. The van der Waals surface area contributed by atoms with Crippen LogP contribution in [0.25, 0.3) is 0 Å². The minimum Gasteiger partial charge on any atom is -0.494 e. The maximum atomic E-state index is 12.0. The molecular weight excluding hydrogens is 306 g/mol. The third kappa shape index (κ3) is 5.91. The molecule has 0 aliphatic rings. The van der Waals surface area contributed by atoms with Crippen LogP contribution in [-0.4, -0.2) is 53.6 Å². The number of nitro groups is 1. The summed E-state index contributed by atoms with van der Waals surface area (Å²) in [5, 5.41) is 22.1. The number of amides is 1. The van der Waals surface area contributed by atoms with E-state index < -0.39 is 16.8 Å². The van der Waals surface area contributed by atoms with Gasteiger partial charge in [-0.1, -0.05) is 6.92 Å². The van der Waals surface area contributed by atoms with Gasteiger partial charge in [0.1, 0.15) is 5.75 Å². The summed E-state index contributed by atoms with van der Waals surface area (Å²) in [6, 6.07) is 3.83. The number of non-ortho nitro benzene ring substituents is 1. The van der Waals surface area contributed by atoms with Gasteiger partial charge in [0, 0.05) is 6.07 Å². The summed E-state index contributed by atoms with van der Waals surface area (Å²) in [4.78, 5) is 34.5. The molecule has 2 N–H and O–H groups in total. The van der Waals surface area contributed by atoms with Crippen LogP contribution in [0, 0.1) is 10.1 Å². The number of hydrogen-bond donors (Lipinski definition) is 2. The molecule has 0 saturated carbocycles. The molecule has 9 nitrogen and oxygen atoms in total. The van der Waals surface area contributed by atoms with Crippen molar-refractivity contribution >= 4 is 23.3 Å². The van der Waals surface area contributed by atoms with Gasteiger partial charge in [-0.15, -0.1) is 0 Å². The topological polar surface area (TPSA) is 122 Å². The van der Waals surface area contributed by atoms with E-state index in [-0.39, 0.29) is 30.2 Å². The van der Waals surface area contributed by atoms with Gasteiger partial charge in [0.15, 0.2) is 0 Å². The fourth-order valence-corrected chi connectivity index (χ4v) is 2.01. The van der Waals surface area contributed by atoms with Crippen molar-refractivity contribution in [3.63, 3.8) is 0 Å². The van der Waals surface area contributed by atoms with E-state index in [0.717, 1.165) is 0 Å². The van der Waals surface area contributed by atoms with E-state index in [9.17, 15) is 19.7 Å². The molecule has 0 aliphatic carbocycles. The molecule has 0 heterocycles. The van der Waals surface area contributed by atoms with Gasteiger partial charge in [0.2, 0.25) is 5.91 Å². The van der Waals surface area contributed by atoms with Gasteiger partial charge in [-0.05, 0) is 19.0 Å². The average molecular weight is 325 g/mol. The molecule has 23 heavy (non-hydrogen) atoms. The number of hydrogen-bond acceptors (Lipinski definition) is 6. The third-order valence-electron chi connectivity index (χ3n) is 2.94. The summed E-state index contributed by atoms with van der Waals surface area (Å²) in [6.45, 7) is 2.02. The van der Waals surface area contributed by atoms with E-state index in [1.165, 1.54) is 30.2 Å². The van der Waals surface area contributed by atoms with Crippen LogP contribution in [0.5, 0.6) is 5.75 Å². The predicted molar refractivity (Wildman–Crippen MR) is 82.6 cm³/mol. The summed E-state index contributed by atoms with van der Waals surface area (Å²) in [7, 11) is 1.34. The van der Waals surface area contributed by atoms with Crippen molar-refractivity contribution in [3.05, 3.63) is 28.3 Å². The largest absolute Gasteiger partial charge is 0.494 e. The minimum atomic E-state index is -1.01. The monoisotopic (exact) mass is 325 g/mol. The maximum Gasteiger partial charge on any atom is 0.317 e. The van der Waals surface area contributed by atoms with Gasteiger partial charge in [0.25, 0.3) is 5.69 Å². The highest BCUT2D eigenvalue weighted by Crippen LogP contribution is 2.28. The number of nitrogens with zero attached hydrogens (tertiary/aromatic N) is 2. The van der Waals surface area contributed by atoms with Crippen molar-refractivity contribution in [3.8, 4) is 5.75 Å². The zero-order valence-electron chi connectivity index (χ0n) is 12.9. The Kier molecular flexibility index (Phi) is 6.94. The highest BCUT2D eigenvalue weighted by molar-refractivity contribution is 5.94. The second-order valence-corrected chi connectivity index (χ2v) is 4.79. The molecule has 0 radical (unpaired) electrons. The molecule has 0 unspecified atom stereocenters. The first-order chi connectivity index (χ1) is 10.9. The lowest BCUT2D eigenvalue weighted by atomic mass is 10.2. The molecule has 0 aliphatic heterocycles. The fraction of sp³-hybridized carbons (Fsp3) is 0.429. The lowest BCUT2D eigenvalue weighted by Gasteiger charge is -2.19. The van der Waals surface area contributed by atoms with Crippen LogP contribution in [0.2, 0.25) is 0 Å². The van der Waals surface area contributed by atoms with E-state index in [2.05, 4.69) is 5.32 Å². The number of nitrogens with one attached hydrogen (secondary N) is 1. The van der Waals surface area contributed by atoms with E-state index in [1.807, 2.05) is 6.92 Å². The Morgan fingerprint density at radius 2 is 2.09 bits per heavy atom. The Bertz CT molecular complexity index is 590. The van der Waals surface area contributed by atoms with Crippen molar-refractivity contribution in [2.45, 2.75) is 13.3 Å². The van der Waals surface area contributed by atoms with Crippen LogP contribution in [0.15, 0.2) is 18.2 Å². The number of rotatable bonds is 9. The van der Waals surface area contributed by atoms with Gasteiger partial charge in [0.05, 0.1) is 36.9 Å². The molecule has 0 bridgehead atoms. The number of nitro benzene ring substituents is 1. The van der Waals surface area contributed by atoms with Gasteiger partial charge in [-0.25, -0.2) is 0 Å². The van der Waals surface area contributed by atoms with Crippen LogP contribution in [0.4, 0.5) is 11.4 Å². The molecule has 0 spiro atoms. The highest BCUT2D eigenvalue weighted by Gasteiger charge is 2.16. The first-order valence-corrected chi connectivity index (χ1v) is 6.93. The smallest absolute Gasteiger partial charge is 0.317 e. The highest BCUT2D eigenvalue weighted by atomic mass is 16.6. The zero-order valence-corrected chi connectivity index (χ0v) is 12.9. The Hall–Kier alpha value is -2.68. The molecule has 9 heteroatoms. The Morgan fingerprint density at radius 1 is 1.39 bits per heavy atom. The van der Waals surface area contributed by atoms with Crippen molar-refractivity contribution in [2.24, 2.45) is 0 Å². The maximum absolute atomic E-state index is 12.0. The summed E-state index contributed by atoms with van der Waals surface area (Å²) >= 11 is 0. The number of carbonyl (C=O) groups is 2. The van der Waals surface area contributed by atoms with Crippen molar-refractivity contribution in [2.75, 3.05) is 32.1 Å². The lowest BCUT2D eigenvalue weighted by Crippen LogP contribution is -2.37. The lowest BCUT2D eigenvalue weighted by molar-refractivity contribution is -0.384.